The van der Waals surface area contributed by atoms with E-state index < -0.39 is 23.9 Å². The summed E-state index contributed by atoms with van der Waals surface area (Å²) in [7, 11) is 1.54. The van der Waals surface area contributed by atoms with E-state index in [1.165, 1.54) is 14.0 Å². The molecule has 3 aromatic carbocycles. The van der Waals surface area contributed by atoms with E-state index in [-0.39, 0.29) is 36.7 Å². The molecule has 0 radical (unpaired) electrons. The minimum Gasteiger partial charge on any atom is -0.493 e. The lowest BCUT2D eigenvalue weighted by Crippen LogP contribution is -2.50. The SMILES string of the molecule is CCc1cc(COc2cc3c(cc2OC)C(=O)N2c4ccccc4C[C@H]2CN3)cc(NC(=O)[C@H](C)NC(=O)[C@H](C)NC(=O)CCCCC(C)=O)c1. The molecule has 0 bridgehead atoms. The maximum atomic E-state index is 13.8. The molecular formula is C39H47N5O7. The van der Waals surface area contributed by atoms with Crippen LogP contribution >= 0.6 is 0 Å². The Labute approximate surface area is 298 Å². The van der Waals surface area contributed by atoms with Crippen LogP contribution in [0.4, 0.5) is 17.1 Å². The molecule has 3 atom stereocenters. The number of methoxy groups -OCH3 is 1. The molecule has 0 unspecified atom stereocenters. The van der Waals surface area contributed by atoms with Crippen molar-refractivity contribution in [2.45, 2.75) is 91.0 Å². The van der Waals surface area contributed by atoms with Crippen molar-refractivity contribution in [2.75, 3.05) is 29.2 Å². The zero-order chi connectivity index (χ0) is 36.7. The highest BCUT2D eigenvalue weighted by atomic mass is 16.5. The van der Waals surface area contributed by atoms with E-state index in [0.29, 0.717) is 60.7 Å². The van der Waals surface area contributed by atoms with Gasteiger partial charge in [-0.1, -0.05) is 31.2 Å². The number of ketones is 1. The monoisotopic (exact) mass is 697 g/mol. The van der Waals surface area contributed by atoms with Gasteiger partial charge < -0.3 is 40.4 Å². The number of amides is 4. The molecule has 5 rings (SSSR count). The van der Waals surface area contributed by atoms with Crippen LogP contribution in [0.1, 0.15) is 80.4 Å². The molecule has 2 aliphatic rings. The Bertz CT molecular complexity index is 1810. The number of carbonyl (C=O) groups is 5. The third kappa shape index (κ3) is 9.05. The first-order valence-electron chi connectivity index (χ1n) is 17.5. The zero-order valence-corrected chi connectivity index (χ0v) is 29.9. The van der Waals surface area contributed by atoms with Gasteiger partial charge in [0.15, 0.2) is 11.5 Å². The van der Waals surface area contributed by atoms with Crippen LogP contribution in [0.3, 0.4) is 0 Å². The fourth-order valence-corrected chi connectivity index (χ4v) is 6.39. The van der Waals surface area contributed by atoms with Crippen LogP contribution < -0.4 is 35.6 Å². The molecule has 0 fully saturated rings. The van der Waals surface area contributed by atoms with Crippen molar-refractivity contribution in [3.8, 4) is 11.5 Å². The first-order chi connectivity index (χ1) is 24.5. The van der Waals surface area contributed by atoms with E-state index >= 15 is 0 Å². The average molecular weight is 698 g/mol. The molecule has 0 aromatic heterocycles. The summed E-state index contributed by atoms with van der Waals surface area (Å²) < 4.78 is 11.9. The number of rotatable bonds is 15. The predicted molar refractivity (Wildman–Crippen MR) is 195 cm³/mol. The molecule has 2 aliphatic heterocycles. The maximum Gasteiger partial charge on any atom is 0.260 e. The molecule has 12 nitrogen and oxygen atoms in total. The number of ether oxygens (including phenoxy) is 2. The van der Waals surface area contributed by atoms with E-state index in [1.807, 2.05) is 48.2 Å². The molecule has 0 saturated heterocycles. The standard InChI is InChI=1S/C39H47N5O7/c1-6-26-15-27(17-29(16-26)43-38(48)25(4)42-37(47)24(3)41-36(46)14-10-7-11-23(2)45)22-51-35-20-32-31(19-34(35)50-5)39(49)44-30(21-40-32)18-28-12-8-9-13-33(28)44/h8-9,12-13,15-17,19-20,24-25,30,40H,6-7,10-11,14,18,21-22H2,1-5H3,(H,41,46)(H,42,47)(H,43,48)/t24-,25-,30-/m0/s1. The van der Waals surface area contributed by atoms with Crippen molar-refractivity contribution in [2.24, 2.45) is 0 Å². The molecule has 2 heterocycles. The lowest BCUT2D eigenvalue weighted by Gasteiger charge is -2.22. The summed E-state index contributed by atoms with van der Waals surface area (Å²) in [6.45, 7) is 7.41. The number of fused-ring (bicyclic) bond motifs is 4. The zero-order valence-electron chi connectivity index (χ0n) is 29.9. The first-order valence-corrected chi connectivity index (χ1v) is 17.5. The largest absolute Gasteiger partial charge is 0.493 e. The summed E-state index contributed by atoms with van der Waals surface area (Å²) in [5.74, 6) is -0.303. The number of anilines is 3. The number of carbonyl (C=O) groups excluding carboxylic acids is 5. The Kier molecular flexibility index (Phi) is 12.0. The highest BCUT2D eigenvalue weighted by Gasteiger charge is 2.37. The third-order valence-corrected chi connectivity index (χ3v) is 9.18. The summed E-state index contributed by atoms with van der Waals surface area (Å²) in [4.78, 5) is 64.8. The highest BCUT2D eigenvalue weighted by molar-refractivity contribution is 6.12. The normalized spacial score (nSPS) is 15.6. The predicted octanol–water partition coefficient (Wildman–Crippen LogP) is 4.93. The fraction of sp³-hybridized carbons (Fsp3) is 0.410. The van der Waals surface area contributed by atoms with Crippen LogP contribution in [0.15, 0.2) is 54.6 Å². The van der Waals surface area contributed by atoms with Gasteiger partial charge in [0, 0.05) is 36.8 Å². The second-order valence-electron chi connectivity index (χ2n) is 13.2. The van der Waals surface area contributed by atoms with Crippen LogP contribution in [0.5, 0.6) is 11.5 Å². The summed E-state index contributed by atoms with van der Waals surface area (Å²) in [6.07, 6.45) is 3.30. The number of hydrogen-bond acceptors (Lipinski definition) is 8. The van der Waals surface area contributed by atoms with Crippen LogP contribution in [-0.4, -0.2) is 61.2 Å². The number of nitrogens with one attached hydrogen (secondary N) is 4. The lowest BCUT2D eigenvalue weighted by atomic mass is 10.1. The number of benzene rings is 3. The van der Waals surface area contributed by atoms with Gasteiger partial charge in [-0.15, -0.1) is 0 Å². The number of aryl methyl sites for hydroxylation is 1. The van der Waals surface area contributed by atoms with Gasteiger partial charge in [0.2, 0.25) is 17.7 Å². The Morgan fingerprint density at radius 3 is 2.39 bits per heavy atom. The van der Waals surface area contributed by atoms with Gasteiger partial charge in [0.25, 0.3) is 5.91 Å². The van der Waals surface area contributed by atoms with Gasteiger partial charge >= 0.3 is 0 Å². The molecule has 0 aliphatic carbocycles. The Hall–Kier alpha value is -5.39. The smallest absolute Gasteiger partial charge is 0.260 e. The molecule has 12 heteroatoms. The topological polar surface area (TPSA) is 155 Å². The van der Waals surface area contributed by atoms with Gasteiger partial charge in [-0.05, 0) is 87.4 Å². The minimum atomic E-state index is -0.874. The fourth-order valence-electron chi connectivity index (χ4n) is 6.39. The quantitative estimate of drug-likeness (QED) is 0.163. The highest BCUT2D eigenvalue weighted by Crippen LogP contribution is 2.40. The molecule has 270 valence electrons. The number of hydrogen-bond donors (Lipinski definition) is 4. The van der Waals surface area contributed by atoms with Crippen molar-refractivity contribution >= 4 is 46.5 Å². The minimum absolute atomic E-state index is 0.00314. The van der Waals surface area contributed by atoms with Gasteiger partial charge in [0.1, 0.15) is 24.5 Å². The Morgan fingerprint density at radius 2 is 1.65 bits per heavy atom. The second-order valence-corrected chi connectivity index (χ2v) is 13.2. The molecule has 51 heavy (non-hydrogen) atoms. The Morgan fingerprint density at radius 1 is 0.922 bits per heavy atom. The van der Waals surface area contributed by atoms with Crippen molar-refractivity contribution < 1.29 is 33.4 Å². The summed E-state index contributed by atoms with van der Waals surface area (Å²) in [5, 5.41) is 11.6. The first kappa shape index (κ1) is 36.9. The van der Waals surface area contributed by atoms with Crippen molar-refractivity contribution in [1.82, 2.24) is 10.6 Å². The van der Waals surface area contributed by atoms with E-state index in [1.54, 1.807) is 26.0 Å². The van der Waals surface area contributed by atoms with E-state index in [4.69, 9.17) is 9.47 Å². The van der Waals surface area contributed by atoms with Crippen LogP contribution in [0.2, 0.25) is 0 Å². The molecule has 4 amide bonds. The molecule has 3 aromatic rings. The number of Topliss-reactive ketones (excluding diaryl/α,β-unsaturated/α-hetero) is 1. The summed E-state index contributed by atoms with van der Waals surface area (Å²) in [6, 6.07) is 15.5. The second kappa shape index (κ2) is 16.5. The van der Waals surface area contributed by atoms with Gasteiger partial charge in [-0.25, -0.2) is 0 Å². The Balaban J connectivity index is 1.20. The van der Waals surface area contributed by atoms with Crippen LogP contribution in [0.25, 0.3) is 0 Å². The van der Waals surface area contributed by atoms with Crippen molar-refractivity contribution in [3.63, 3.8) is 0 Å². The molecule has 4 N–H and O–H groups in total. The molecule has 0 spiro atoms. The third-order valence-electron chi connectivity index (χ3n) is 9.18. The average Bonchev–Trinajstić information content (AvgIpc) is 3.43. The van der Waals surface area contributed by atoms with Crippen LogP contribution in [-0.2, 0) is 38.6 Å². The van der Waals surface area contributed by atoms with E-state index in [0.717, 1.165) is 28.8 Å². The molecular weight excluding hydrogens is 650 g/mol. The van der Waals surface area contributed by atoms with Gasteiger partial charge in [-0.3, -0.25) is 19.2 Å². The number of para-hydroxylation sites is 1. The summed E-state index contributed by atoms with van der Waals surface area (Å²) >= 11 is 0. The number of unbranched alkanes of at least 4 members (excludes halogenated alkanes) is 1. The van der Waals surface area contributed by atoms with Gasteiger partial charge in [-0.2, -0.15) is 0 Å². The van der Waals surface area contributed by atoms with E-state index in [9.17, 15) is 24.0 Å². The lowest BCUT2D eigenvalue weighted by molar-refractivity contribution is -0.130. The maximum absolute atomic E-state index is 13.8. The van der Waals surface area contributed by atoms with Gasteiger partial charge in [0.05, 0.1) is 24.4 Å². The van der Waals surface area contributed by atoms with Crippen LogP contribution in [0, 0.1) is 0 Å². The summed E-state index contributed by atoms with van der Waals surface area (Å²) in [5.41, 5.74) is 5.60. The van der Waals surface area contributed by atoms with Crippen molar-refractivity contribution in [1.29, 1.82) is 0 Å². The molecule has 0 saturated carbocycles. The van der Waals surface area contributed by atoms with Crippen molar-refractivity contribution in [3.05, 3.63) is 76.9 Å². The van der Waals surface area contributed by atoms with E-state index in [2.05, 4.69) is 27.3 Å². The number of nitrogens with zero attached hydrogens (tertiary/aromatic N) is 1.